The van der Waals surface area contributed by atoms with Gasteiger partial charge in [0, 0.05) is 11.5 Å². The van der Waals surface area contributed by atoms with Crippen molar-refractivity contribution in [3.05, 3.63) is 63.5 Å². The van der Waals surface area contributed by atoms with E-state index in [4.69, 9.17) is 16.3 Å². The number of aromatic nitrogens is 2. The molecule has 0 fully saturated rings. The maximum absolute atomic E-state index is 12.9. The standard InChI is InChI=1S/C19H18ClN3O3/c1-11(2)23-19(25)14-7-5-4-6-13(14)17(22-23)18(24)21-16-10-12(26-3)8-9-15(16)20/h4-11H,1-3H3,(H,21,24). The zero-order valence-corrected chi connectivity index (χ0v) is 15.4. The number of hydrogen-bond donors (Lipinski definition) is 1. The minimum Gasteiger partial charge on any atom is -0.497 e. The highest BCUT2D eigenvalue weighted by molar-refractivity contribution is 6.34. The fraction of sp³-hybridized carbons (Fsp3) is 0.211. The smallest absolute Gasteiger partial charge is 0.276 e. The highest BCUT2D eigenvalue weighted by atomic mass is 35.5. The summed E-state index contributed by atoms with van der Waals surface area (Å²) in [5.74, 6) is 0.112. The normalized spacial score (nSPS) is 11.0. The summed E-state index contributed by atoms with van der Waals surface area (Å²) in [5.41, 5.74) is 0.337. The quantitative estimate of drug-likeness (QED) is 0.755. The van der Waals surface area contributed by atoms with E-state index >= 15 is 0 Å². The van der Waals surface area contributed by atoms with Crippen molar-refractivity contribution in [3.8, 4) is 5.75 Å². The lowest BCUT2D eigenvalue weighted by Crippen LogP contribution is -2.29. The third kappa shape index (κ3) is 3.28. The van der Waals surface area contributed by atoms with Crippen LogP contribution in [0.2, 0.25) is 5.02 Å². The first-order valence-electron chi connectivity index (χ1n) is 8.09. The molecule has 0 atom stereocenters. The molecule has 134 valence electrons. The molecule has 0 saturated carbocycles. The van der Waals surface area contributed by atoms with Gasteiger partial charge in [-0.2, -0.15) is 5.10 Å². The summed E-state index contributed by atoms with van der Waals surface area (Å²) in [6.45, 7) is 3.67. The maximum atomic E-state index is 12.9. The van der Waals surface area contributed by atoms with Crippen LogP contribution in [0.15, 0.2) is 47.3 Å². The second kappa shape index (κ2) is 7.17. The molecule has 0 aliphatic heterocycles. The van der Waals surface area contributed by atoms with E-state index in [2.05, 4.69) is 10.4 Å². The van der Waals surface area contributed by atoms with Crippen molar-refractivity contribution in [3.63, 3.8) is 0 Å². The average molecular weight is 372 g/mol. The number of carbonyl (C=O) groups excluding carboxylic acids is 1. The molecule has 1 heterocycles. The number of amides is 1. The van der Waals surface area contributed by atoms with Crippen LogP contribution in [0.4, 0.5) is 5.69 Å². The molecule has 3 rings (SSSR count). The van der Waals surface area contributed by atoms with Crippen molar-refractivity contribution in [2.45, 2.75) is 19.9 Å². The Morgan fingerprint density at radius 1 is 1.19 bits per heavy atom. The zero-order chi connectivity index (χ0) is 18.8. The molecule has 7 heteroatoms. The van der Waals surface area contributed by atoms with E-state index in [1.807, 2.05) is 13.8 Å². The monoisotopic (exact) mass is 371 g/mol. The van der Waals surface area contributed by atoms with Gasteiger partial charge in [-0.3, -0.25) is 9.59 Å². The third-order valence-electron chi connectivity index (χ3n) is 3.95. The molecule has 2 aromatic carbocycles. The lowest BCUT2D eigenvalue weighted by Gasteiger charge is -2.14. The van der Waals surface area contributed by atoms with Crippen LogP contribution >= 0.6 is 11.6 Å². The molecular formula is C19H18ClN3O3. The minimum atomic E-state index is -0.453. The first kappa shape index (κ1) is 17.9. The summed E-state index contributed by atoms with van der Waals surface area (Å²) in [7, 11) is 1.53. The molecule has 0 saturated heterocycles. The van der Waals surface area contributed by atoms with Crippen LogP contribution in [-0.4, -0.2) is 22.8 Å². The number of carbonyl (C=O) groups is 1. The molecule has 26 heavy (non-hydrogen) atoms. The van der Waals surface area contributed by atoms with Crippen LogP contribution in [0.25, 0.3) is 10.8 Å². The Labute approximate surface area is 155 Å². The van der Waals surface area contributed by atoms with Gasteiger partial charge in [0.1, 0.15) is 5.75 Å². The van der Waals surface area contributed by atoms with Gasteiger partial charge in [-0.05, 0) is 32.0 Å². The second-order valence-electron chi connectivity index (χ2n) is 6.04. The number of fused-ring (bicyclic) bond motifs is 1. The number of halogens is 1. The Hall–Kier alpha value is -2.86. The summed E-state index contributed by atoms with van der Waals surface area (Å²) < 4.78 is 6.47. The van der Waals surface area contributed by atoms with Gasteiger partial charge in [0.25, 0.3) is 11.5 Å². The fourth-order valence-electron chi connectivity index (χ4n) is 2.63. The first-order valence-corrected chi connectivity index (χ1v) is 8.46. The Morgan fingerprint density at radius 2 is 1.88 bits per heavy atom. The van der Waals surface area contributed by atoms with Crippen LogP contribution < -0.4 is 15.6 Å². The predicted octanol–water partition coefficient (Wildman–Crippen LogP) is 3.89. The lowest BCUT2D eigenvalue weighted by molar-refractivity contribution is 0.102. The van der Waals surface area contributed by atoms with Gasteiger partial charge in [-0.15, -0.1) is 0 Å². The first-order chi connectivity index (χ1) is 12.4. The van der Waals surface area contributed by atoms with Crippen LogP contribution in [-0.2, 0) is 0 Å². The molecular weight excluding hydrogens is 354 g/mol. The number of nitrogens with zero attached hydrogens (tertiary/aromatic N) is 2. The number of nitrogens with one attached hydrogen (secondary N) is 1. The van der Waals surface area contributed by atoms with Gasteiger partial charge in [0.05, 0.1) is 29.2 Å². The number of methoxy groups -OCH3 is 1. The van der Waals surface area contributed by atoms with Crippen LogP contribution in [0, 0.1) is 0 Å². The van der Waals surface area contributed by atoms with Crippen molar-refractivity contribution in [1.82, 2.24) is 9.78 Å². The van der Waals surface area contributed by atoms with Gasteiger partial charge in [-0.1, -0.05) is 29.8 Å². The summed E-state index contributed by atoms with van der Waals surface area (Å²) in [5, 5.41) is 8.35. The molecule has 0 spiro atoms. The van der Waals surface area contributed by atoms with Crippen molar-refractivity contribution in [1.29, 1.82) is 0 Å². The number of rotatable bonds is 4. The molecule has 1 N–H and O–H groups in total. The van der Waals surface area contributed by atoms with Crippen molar-refractivity contribution < 1.29 is 9.53 Å². The molecule has 0 unspecified atom stereocenters. The van der Waals surface area contributed by atoms with Crippen LogP contribution in [0.1, 0.15) is 30.4 Å². The van der Waals surface area contributed by atoms with E-state index in [1.54, 1.807) is 42.5 Å². The predicted molar refractivity (Wildman–Crippen MR) is 102 cm³/mol. The molecule has 0 aliphatic carbocycles. The van der Waals surface area contributed by atoms with Crippen LogP contribution in [0.3, 0.4) is 0 Å². The largest absolute Gasteiger partial charge is 0.497 e. The SMILES string of the molecule is COc1ccc(Cl)c(NC(=O)c2nn(C(C)C)c(=O)c3ccccc23)c1. The Bertz CT molecular complexity index is 1040. The summed E-state index contributed by atoms with van der Waals surface area (Å²) in [6.07, 6.45) is 0. The highest BCUT2D eigenvalue weighted by Gasteiger charge is 2.19. The van der Waals surface area contributed by atoms with E-state index in [0.29, 0.717) is 27.2 Å². The van der Waals surface area contributed by atoms with E-state index in [1.165, 1.54) is 11.8 Å². The minimum absolute atomic E-state index is 0.160. The third-order valence-corrected chi connectivity index (χ3v) is 4.28. The maximum Gasteiger partial charge on any atom is 0.276 e. The van der Waals surface area contributed by atoms with Crippen molar-refractivity contribution >= 4 is 34.0 Å². The molecule has 0 radical (unpaired) electrons. The number of hydrogen-bond acceptors (Lipinski definition) is 4. The summed E-state index contributed by atoms with van der Waals surface area (Å²) in [4.78, 5) is 25.4. The summed E-state index contributed by atoms with van der Waals surface area (Å²) >= 11 is 6.16. The van der Waals surface area contributed by atoms with E-state index in [9.17, 15) is 9.59 Å². The lowest BCUT2D eigenvalue weighted by atomic mass is 10.1. The average Bonchev–Trinajstić information content (AvgIpc) is 2.63. The molecule has 1 aromatic heterocycles. The van der Waals surface area contributed by atoms with Crippen LogP contribution in [0.5, 0.6) is 5.75 Å². The molecule has 3 aromatic rings. The Kier molecular flexibility index (Phi) is 4.95. The number of ether oxygens (including phenoxy) is 1. The van der Waals surface area contributed by atoms with E-state index in [-0.39, 0.29) is 17.3 Å². The van der Waals surface area contributed by atoms with E-state index in [0.717, 1.165) is 0 Å². The Morgan fingerprint density at radius 3 is 2.54 bits per heavy atom. The highest BCUT2D eigenvalue weighted by Crippen LogP contribution is 2.27. The van der Waals surface area contributed by atoms with Crippen molar-refractivity contribution in [2.75, 3.05) is 12.4 Å². The van der Waals surface area contributed by atoms with Gasteiger partial charge < -0.3 is 10.1 Å². The Balaban J connectivity index is 2.11. The topological polar surface area (TPSA) is 73.2 Å². The second-order valence-corrected chi connectivity index (χ2v) is 6.44. The van der Waals surface area contributed by atoms with E-state index < -0.39 is 5.91 Å². The van der Waals surface area contributed by atoms with Crippen molar-refractivity contribution in [2.24, 2.45) is 0 Å². The summed E-state index contributed by atoms with van der Waals surface area (Å²) in [6, 6.07) is 11.7. The van der Waals surface area contributed by atoms with Gasteiger partial charge in [-0.25, -0.2) is 4.68 Å². The van der Waals surface area contributed by atoms with Gasteiger partial charge in [0.15, 0.2) is 5.69 Å². The molecule has 0 bridgehead atoms. The fourth-order valence-corrected chi connectivity index (χ4v) is 2.80. The number of anilines is 1. The molecule has 6 nitrogen and oxygen atoms in total. The molecule has 0 aliphatic rings. The number of benzene rings is 2. The van der Waals surface area contributed by atoms with Gasteiger partial charge >= 0.3 is 0 Å². The van der Waals surface area contributed by atoms with Gasteiger partial charge in [0.2, 0.25) is 0 Å². The zero-order valence-electron chi connectivity index (χ0n) is 14.6. The molecule has 1 amide bonds.